The Morgan fingerprint density at radius 3 is 2.49 bits per heavy atom. The van der Waals surface area contributed by atoms with Crippen molar-refractivity contribution in [1.29, 1.82) is 0 Å². The van der Waals surface area contributed by atoms with Crippen LogP contribution in [-0.4, -0.2) is 52.6 Å². The van der Waals surface area contributed by atoms with Crippen LogP contribution in [0.5, 0.6) is 5.75 Å². The molecule has 0 radical (unpaired) electrons. The first-order valence-corrected chi connectivity index (χ1v) is 15.5. The second-order valence-electron chi connectivity index (χ2n) is 10.6. The van der Waals surface area contributed by atoms with E-state index in [1.807, 2.05) is 72.8 Å². The molecule has 2 saturated heterocycles. The summed E-state index contributed by atoms with van der Waals surface area (Å²) in [5, 5.41) is 2.96. The van der Waals surface area contributed by atoms with E-state index >= 15 is 0 Å². The van der Waals surface area contributed by atoms with Crippen molar-refractivity contribution in [3.63, 3.8) is 0 Å². The summed E-state index contributed by atoms with van der Waals surface area (Å²) >= 11 is 1.36. The highest BCUT2D eigenvalue weighted by molar-refractivity contribution is 8.15. The van der Waals surface area contributed by atoms with Crippen molar-refractivity contribution < 1.29 is 28.3 Å². The fraction of sp³-hybridized carbons (Fsp3) is 0.235. The van der Waals surface area contributed by atoms with E-state index in [1.165, 1.54) is 16.7 Å². The van der Waals surface area contributed by atoms with Gasteiger partial charge < -0.3 is 19.2 Å². The lowest BCUT2D eigenvalue weighted by atomic mass is 10.1. The number of ether oxygens (including phenoxy) is 2. The Morgan fingerprint density at radius 1 is 1.00 bits per heavy atom. The molecule has 0 bridgehead atoms. The fourth-order valence-corrected chi connectivity index (χ4v) is 6.42. The molecule has 2 aliphatic rings. The minimum Gasteiger partial charge on any atom is -0.497 e. The number of likely N-dealkylation sites (tertiary alicyclic amines) is 1. The Kier molecular flexibility index (Phi) is 9.16. The molecule has 45 heavy (non-hydrogen) atoms. The van der Waals surface area contributed by atoms with Gasteiger partial charge in [0.2, 0.25) is 11.8 Å². The summed E-state index contributed by atoms with van der Waals surface area (Å²) in [6.45, 7) is 0.861. The Hall–Kier alpha value is -5.03. The number of amidine groups is 1. The van der Waals surface area contributed by atoms with Crippen molar-refractivity contribution in [3.8, 4) is 5.75 Å². The minimum absolute atomic E-state index is 0.115. The molecule has 0 saturated carbocycles. The highest BCUT2D eigenvalue weighted by Gasteiger charge is 2.40. The SMILES string of the molecule is COc1ccc(N=C2SC(c3ccc(NC(=O)[C@@H]4CCCN4C(=O)OCc4ccccc4)cc3)C(=O)N2Cc2ccco2)cc1. The molecule has 230 valence electrons. The number of furan rings is 1. The zero-order chi connectivity index (χ0) is 31.2. The summed E-state index contributed by atoms with van der Waals surface area (Å²) in [6, 6.07) is 26.9. The fourth-order valence-electron chi connectivity index (χ4n) is 5.25. The third-order valence-corrected chi connectivity index (χ3v) is 8.84. The maximum Gasteiger partial charge on any atom is 0.410 e. The van der Waals surface area contributed by atoms with E-state index < -0.39 is 17.4 Å². The maximum absolute atomic E-state index is 13.7. The smallest absolute Gasteiger partial charge is 0.410 e. The Morgan fingerprint density at radius 2 is 1.78 bits per heavy atom. The van der Waals surface area contributed by atoms with Gasteiger partial charge in [0.15, 0.2) is 5.17 Å². The average molecular weight is 625 g/mol. The van der Waals surface area contributed by atoms with Gasteiger partial charge in [-0.1, -0.05) is 54.2 Å². The van der Waals surface area contributed by atoms with Crippen LogP contribution < -0.4 is 10.1 Å². The van der Waals surface area contributed by atoms with Crippen LogP contribution in [0.2, 0.25) is 0 Å². The first-order valence-electron chi connectivity index (χ1n) is 14.6. The summed E-state index contributed by atoms with van der Waals surface area (Å²) < 4.78 is 16.2. The van der Waals surface area contributed by atoms with Crippen molar-refractivity contribution in [2.45, 2.75) is 37.3 Å². The molecule has 1 N–H and O–H groups in total. The van der Waals surface area contributed by atoms with E-state index in [0.717, 1.165) is 16.9 Å². The molecule has 2 atom stereocenters. The summed E-state index contributed by atoms with van der Waals surface area (Å²) in [7, 11) is 1.60. The van der Waals surface area contributed by atoms with Gasteiger partial charge >= 0.3 is 6.09 Å². The molecule has 0 spiro atoms. The summed E-state index contributed by atoms with van der Waals surface area (Å²) in [5.41, 5.74) is 2.93. The lowest BCUT2D eigenvalue weighted by Crippen LogP contribution is -2.43. The number of nitrogens with one attached hydrogen (secondary N) is 1. The zero-order valence-electron chi connectivity index (χ0n) is 24.6. The standard InChI is InChI=1S/C34H32N4O6S/c1-42-27-17-15-26(16-18-27)36-33-38(21-28-9-6-20-43-28)32(40)30(45-33)24-11-13-25(14-12-24)35-31(39)29-10-5-19-37(29)34(41)44-22-23-7-3-2-4-8-23/h2-4,6-9,11-18,20,29-30H,5,10,19,21-22H2,1H3,(H,35,39)/t29-,30?/m0/s1. The van der Waals surface area contributed by atoms with Gasteiger partial charge in [0, 0.05) is 12.2 Å². The number of anilines is 1. The second kappa shape index (κ2) is 13.7. The topological polar surface area (TPSA) is 114 Å². The molecule has 0 aliphatic carbocycles. The van der Waals surface area contributed by atoms with Crippen molar-refractivity contribution >= 4 is 46.2 Å². The molecule has 4 aromatic rings. The van der Waals surface area contributed by atoms with Crippen molar-refractivity contribution in [3.05, 3.63) is 114 Å². The third-order valence-electron chi connectivity index (χ3n) is 7.61. The molecular formula is C34H32N4O6S. The number of thioether (sulfide) groups is 1. The van der Waals surface area contributed by atoms with Crippen LogP contribution in [0.25, 0.3) is 0 Å². The first-order chi connectivity index (χ1) is 22.0. The number of rotatable bonds is 9. The normalized spacial score (nSPS) is 18.8. The lowest BCUT2D eigenvalue weighted by molar-refractivity contribution is -0.126. The van der Waals surface area contributed by atoms with Gasteiger partial charge in [-0.15, -0.1) is 0 Å². The minimum atomic E-state index is -0.619. The van der Waals surface area contributed by atoms with Crippen molar-refractivity contribution in [2.75, 3.05) is 19.0 Å². The zero-order valence-corrected chi connectivity index (χ0v) is 25.4. The molecule has 3 amide bonds. The van der Waals surface area contributed by atoms with E-state index in [-0.39, 0.29) is 25.0 Å². The molecule has 3 heterocycles. The largest absolute Gasteiger partial charge is 0.497 e. The van der Waals surface area contributed by atoms with E-state index in [9.17, 15) is 14.4 Å². The first kappa shape index (κ1) is 30.0. The van der Waals surface area contributed by atoms with Crippen LogP contribution in [0.4, 0.5) is 16.2 Å². The van der Waals surface area contributed by atoms with E-state index in [1.54, 1.807) is 36.5 Å². The van der Waals surface area contributed by atoms with Crippen LogP contribution in [0, 0.1) is 0 Å². The molecular weight excluding hydrogens is 592 g/mol. The molecule has 2 fully saturated rings. The van der Waals surface area contributed by atoms with Gasteiger partial charge in [-0.05, 0) is 72.5 Å². The maximum atomic E-state index is 13.7. The third kappa shape index (κ3) is 7.04. The Balaban J connectivity index is 1.12. The van der Waals surface area contributed by atoms with Crippen LogP contribution in [0.1, 0.15) is 35.0 Å². The van der Waals surface area contributed by atoms with Crippen LogP contribution in [0.15, 0.2) is 107 Å². The van der Waals surface area contributed by atoms with Gasteiger partial charge in [0.1, 0.15) is 29.4 Å². The summed E-state index contributed by atoms with van der Waals surface area (Å²) in [5.74, 6) is 0.975. The second-order valence-corrected chi connectivity index (χ2v) is 11.7. The molecule has 1 aromatic heterocycles. The van der Waals surface area contributed by atoms with Gasteiger partial charge in [-0.3, -0.25) is 19.4 Å². The van der Waals surface area contributed by atoms with E-state index in [0.29, 0.717) is 41.7 Å². The Bertz CT molecular complexity index is 1660. The predicted octanol–water partition coefficient (Wildman–Crippen LogP) is 6.53. The van der Waals surface area contributed by atoms with E-state index in [2.05, 4.69) is 5.32 Å². The molecule has 10 nitrogen and oxygen atoms in total. The molecule has 1 unspecified atom stereocenters. The van der Waals surface area contributed by atoms with Crippen LogP contribution in [0.3, 0.4) is 0 Å². The average Bonchev–Trinajstić information content (AvgIpc) is 3.84. The Labute approximate surface area is 265 Å². The van der Waals surface area contributed by atoms with Crippen molar-refractivity contribution in [1.82, 2.24) is 9.80 Å². The molecule has 3 aromatic carbocycles. The number of methoxy groups -OCH3 is 1. The van der Waals surface area contributed by atoms with Crippen molar-refractivity contribution in [2.24, 2.45) is 4.99 Å². The number of hydrogen-bond acceptors (Lipinski definition) is 8. The molecule has 6 rings (SSSR count). The lowest BCUT2D eigenvalue weighted by Gasteiger charge is -2.23. The number of aliphatic imine (C=N–C) groups is 1. The number of nitrogens with zero attached hydrogens (tertiary/aromatic N) is 3. The number of carbonyl (C=O) groups excluding carboxylic acids is 3. The van der Waals surface area contributed by atoms with Gasteiger partial charge in [0.25, 0.3) is 0 Å². The van der Waals surface area contributed by atoms with Crippen LogP contribution in [-0.2, 0) is 27.5 Å². The molecule has 2 aliphatic heterocycles. The van der Waals surface area contributed by atoms with Gasteiger partial charge in [-0.25, -0.2) is 9.79 Å². The summed E-state index contributed by atoms with van der Waals surface area (Å²) in [6.07, 6.45) is 2.34. The highest BCUT2D eigenvalue weighted by atomic mass is 32.2. The summed E-state index contributed by atoms with van der Waals surface area (Å²) in [4.78, 5) is 47.5. The quantitative estimate of drug-likeness (QED) is 0.225. The monoisotopic (exact) mass is 624 g/mol. The number of amides is 3. The predicted molar refractivity (Wildman–Crippen MR) is 171 cm³/mol. The molecule has 11 heteroatoms. The van der Waals surface area contributed by atoms with E-state index in [4.69, 9.17) is 18.9 Å². The van der Waals surface area contributed by atoms with Crippen LogP contribution >= 0.6 is 11.8 Å². The number of benzene rings is 3. The highest BCUT2D eigenvalue weighted by Crippen LogP contribution is 2.41. The van der Waals surface area contributed by atoms with Gasteiger partial charge in [-0.2, -0.15) is 0 Å². The van der Waals surface area contributed by atoms with Gasteiger partial charge in [0.05, 0.1) is 25.6 Å². The number of hydrogen-bond donors (Lipinski definition) is 1. The number of carbonyl (C=O) groups is 3.